The van der Waals surface area contributed by atoms with Gasteiger partial charge in [0.25, 0.3) is 0 Å². The predicted molar refractivity (Wildman–Crippen MR) is 82.6 cm³/mol. The highest BCUT2D eigenvalue weighted by molar-refractivity contribution is 4.73. The van der Waals surface area contributed by atoms with E-state index >= 15 is 0 Å². The van der Waals surface area contributed by atoms with Gasteiger partial charge in [-0.25, -0.2) is 0 Å². The average molecular weight is 270 g/mol. The maximum absolute atomic E-state index is 5.84. The van der Waals surface area contributed by atoms with Crippen LogP contribution in [0.5, 0.6) is 0 Å². The molecule has 3 heteroatoms. The van der Waals surface area contributed by atoms with Crippen molar-refractivity contribution in [3.63, 3.8) is 0 Å². The van der Waals surface area contributed by atoms with E-state index in [9.17, 15) is 0 Å². The second-order valence-electron chi connectivity index (χ2n) is 6.70. The molecule has 1 rings (SSSR count). The number of ether oxygens (including phenoxy) is 1. The summed E-state index contributed by atoms with van der Waals surface area (Å²) in [5.74, 6) is 1.53. The molecular weight excluding hydrogens is 236 g/mol. The molecule has 0 saturated carbocycles. The molecule has 0 aromatic rings. The first-order chi connectivity index (χ1) is 9.08. The normalized spacial score (nSPS) is 21.5. The highest BCUT2D eigenvalue weighted by Crippen LogP contribution is 2.17. The van der Waals surface area contributed by atoms with Crippen molar-refractivity contribution >= 4 is 0 Å². The Labute approximate surface area is 120 Å². The molecule has 19 heavy (non-hydrogen) atoms. The summed E-state index contributed by atoms with van der Waals surface area (Å²) in [6.45, 7) is 15.7. The van der Waals surface area contributed by atoms with E-state index < -0.39 is 0 Å². The number of nitrogens with one attached hydrogen (secondary N) is 1. The molecule has 1 heterocycles. The number of likely N-dealkylation sites (tertiary alicyclic amines) is 1. The van der Waals surface area contributed by atoms with Crippen molar-refractivity contribution in [1.29, 1.82) is 0 Å². The van der Waals surface area contributed by atoms with Crippen LogP contribution < -0.4 is 5.32 Å². The Hall–Kier alpha value is -0.120. The van der Waals surface area contributed by atoms with Crippen LogP contribution in [-0.4, -0.2) is 50.3 Å². The number of rotatable bonds is 9. The Morgan fingerprint density at radius 3 is 2.74 bits per heavy atom. The molecule has 1 N–H and O–H groups in total. The third-order valence-electron chi connectivity index (χ3n) is 3.60. The van der Waals surface area contributed by atoms with E-state index in [1.807, 2.05) is 0 Å². The lowest BCUT2D eigenvalue weighted by Crippen LogP contribution is -2.39. The third-order valence-corrected chi connectivity index (χ3v) is 3.60. The average Bonchev–Trinajstić information content (AvgIpc) is 2.33. The maximum atomic E-state index is 5.84. The molecule has 1 aliphatic rings. The van der Waals surface area contributed by atoms with E-state index in [0.29, 0.717) is 6.04 Å². The zero-order valence-corrected chi connectivity index (χ0v) is 13.5. The molecule has 3 nitrogen and oxygen atoms in total. The van der Waals surface area contributed by atoms with Crippen molar-refractivity contribution in [3.8, 4) is 0 Å². The Balaban J connectivity index is 2.02. The fraction of sp³-hybridized carbons (Fsp3) is 1.00. The molecule has 0 aromatic heterocycles. The van der Waals surface area contributed by atoms with E-state index in [-0.39, 0.29) is 0 Å². The van der Waals surface area contributed by atoms with Crippen molar-refractivity contribution in [2.75, 3.05) is 39.4 Å². The second-order valence-corrected chi connectivity index (χ2v) is 6.70. The minimum absolute atomic E-state index is 0.586. The summed E-state index contributed by atoms with van der Waals surface area (Å²) in [7, 11) is 0. The number of hydrogen-bond donors (Lipinski definition) is 1. The highest BCUT2D eigenvalue weighted by atomic mass is 16.5. The number of piperidine rings is 1. The smallest absolute Gasteiger partial charge is 0.0506 e. The molecule has 1 saturated heterocycles. The van der Waals surface area contributed by atoms with Crippen LogP contribution in [0.3, 0.4) is 0 Å². The summed E-state index contributed by atoms with van der Waals surface area (Å²) < 4.78 is 5.84. The van der Waals surface area contributed by atoms with Gasteiger partial charge in [-0.2, -0.15) is 0 Å². The van der Waals surface area contributed by atoms with Crippen molar-refractivity contribution in [1.82, 2.24) is 10.2 Å². The molecule has 0 amide bonds. The van der Waals surface area contributed by atoms with Gasteiger partial charge >= 0.3 is 0 Å². The molecule has 0 radical (unpaired) electrons. The largest absolute Gasteiger partial charge is 0.381 e. The summed E-state index contributed by atoms with van der Waals surface area (Å²) in [5, 5.41) is 3.42. The molecule has 1 aliphatic heterocycles. The van der Waals surface area contributed by atoms with Gasteiger partial charge in [0, 0.05) is 25.7 Å². The van der Waals surface area contributed by atoms with E-state index in [4.69, 9.17) is 4.74 Å². The van der Waals surface area contributed by atoms with Gasteiger partial charge < -0.3 is 15.0 Å². The standard InChI is InChI=1S/C16H34N2O/c1-14(2)11-18-9-5-7-16(12-18)13-19-10-6-8-17-15(3)4/h14-17H,5-13H2,1-4H3/t16-/m0/s1. The van der Waals surface area contributed by atoms with Crippen molar-refractivity contribution < 1.29 is 4.74 Å². The van der Waals surface area contributed by atoms with Crippen LogP contribution in [-0.2, 0) is 4.74 Å². The lowest BCUT2D eigenvalue weighted by atomic mass is 9.98. The van der Waals surface area contributed by atoms with Crippen LogP contribution in [0.15, 0.2) is 0 Å². The maximum Gasteiger partial charge on any atom is 0.0506 e. The fourth-order valence-electron chi connectivity index (χ4n) is 2.78. The van der Waals surface area contributed by atoms with Gasteiger partial charge in [0.2, 0.25) is 0 Å². The van der Waals surface area contributed by atoms with Crippen LogP contribution in [0, 0.1) is 11.8 Å². The van der Waals surface area contributed by atoms with Gasteiger partial charge in [0.1, 0.15) is 0 Å². The molecule has 1 atom stereocenters. The molecule has 1 fully saturated rings. The SMILES string of the molecule is CC(C)CN1CCC[C@H](COCCCNC(C)C)C1. The molecule has 0 spiro atoms. The molecular formula is C16H34N2O. The van der Waals surface area contributed by atoms with Crippen LogP contribution >= 0.6 is 0 Å². The van der Waals surface area contributed by atoms with Gasteiger partial charge in [-0.15, -0.1) is 0 Å². The predicted octanol–water partition coefficient (Wildman–Crippen LogP) is 2.76. The summed E-state index contributed by atoms with van der Waals surface area (Å²) >= 11 is 0. The summed E-state index contributed by atoms with van der Waals surface area (Å²) in [4.78, 5) is 2.61. The fourth-order valence-corrected chi connectivity index (χ4v) is 2.78. The van der Waals surface area contributed by atoms with Crippen LogP contribution in [0.25, 0.3) is 0 Å². The van der Waals surface area contributed by atoms with Crippen LogP contribution in [0.4, 0.5) is 0 Å². The Kier molecular flexibility index (Phi) is 8.67. The van der Waals surface area contributed by atoms with Gasteiger partial charge in [-0.3, -0.25) is 0 Å². The van der Waals surface area contributed by atoms with Crippen molar-refractivity contribution in [3.05, 3.63) is 0 Å². The molecule has 0 bridgehead atoms. The van der Waals surface area contributed by atoms with E-state index in [0.717, 1.165) is 38.0 Å². The Bertz CT molecular complexity index is 219. The topological polar surface area (TPSA) is 24.5 Å². The lowest BCUT2D eigenvalue weighted by molar-refractivity contribution is 0.0561. The van der Waals surface area contributed by atoms with Gasteiger partial charge in [0.15, 0.2) is 0 Å². The first-order valence-corrected chi connectivity index (χ1v) is 8.11. The minimum Gasteiger partial charge on any atom is -0.381 e. The molecule has 0 unspecified atom stereocenters. The minimum atomic E-state index is 0.586. The zero-order valence-electron chi connectivity index (χ0n) is 13.5. The highest BCUT2D eigenvalue weighted by Gasteiger charge is 2.20. The Morgan fingerprint density at radius 2 is 2.05 bits per heavy atom. The van der Waals surface area contributed by atoms with Crippen LogP contribution in [0.1, 0.15) is 47.0 Å². The van der Waals surface area contributed by atoms with Gasteiger partial charge in [-0.05, 0) is 44.2 Å². The van der Waals surface area contributed by atoms with Gasteiger partial charge in [-0.1, -0.05) is 27.7 Å². The quantitative estimate of drug-likeness (QED) is 0.652. The zero-order chi connectivity index (χ0) is 14.1. The molecule has 114 valence electrons. The van der Waals surface area contributed by atoms with Crippen molar-refractivity contribution in [2.24, 2.45) is 11.8 Å². The molecule has 0 aromatic carbocycles. The van der Waals surface area contributed by atoms with Crippen LogP contribution in [0.2, 0.25) is 0 Å². The first-order valence-electron chi connectivity index (χ1n) is 8.11. The lowest BCUT2D eigenvalue weighted by Gasteiger charge is -2.33. The summed E-state index contributed by atoms with van der Waals surface area (Å²) in [6.07, 6.45) is 3.81. The number of hydrogen-bond acceptors (Lipinski definition) is 3. The van der Waals surface area contributed by atoms with E-state index in [1.165, 1.54) is 32.5 Å². The van der Waals surface area contributed by atoms with E-state index in [2.05, 4.69) is 37.9 Å². The Morgan fingerprint density at radius 1 is 1.26 bits per heavy atom. The first kappa shape index (κ1) is 16.9. The second kappa shape index (κ2) is 9.73. The number of nitrogens with zero attached hydrogens (tertiary/aromatic N) is 1. The van der Waals surface area contributed by atoms with Gasteiger partial charge in [0.05, 0.1) is 6.61 Å². The molecule has 0 aliphatic carbocycles. The summed E-state index contributed by atoms with van der Waals surface area (Å²) in [6, 6.07) is 0.586. The monoisotopic (exact) mass is 270 g/mol. The third kappa shape index (κ3) is 8.61. The van der Waals surface area contributed by atoms with E-state index in [1.54, 1.807) is 0 Å². The summed E-state index contributed by atoms with van der Waals surface area (Å²) in [5.41, 5.74) is 0. The van der Waals surface area contributed by atoms with Crippen molar-refractivity contribution in [2.45, 2.75) is 53.0 Å².